The summed E-state index contributed by atoms with van der Waals surface area (Å²) in [6, 6.07) is -0.0321. The molecule has 1 fully saturated rings. The summed E-state index contributed by atoms with van der Waals surface area (Å²) in [5.41, 5.74) is 4.79. The predicted molar refractivity (Wildman–Crippen MR) is 96.6 cm³/mol. The third-order valence-electron chi connectivity index (χ3n) is 4.25. The topological polar surface area (TPSA) is 104 Å². The zero-order valence-corrected chi connectivity index (χ0v) is 16.7. The van der Waals surface area contributed by atoms with Crippen LogP contribution in [-0.4, -0.2) is 51.5 Å². The molecule has 2 atom stereocenters. The van der Waals surface area contributed by atoms with Gasteiger partial charge in [0.25, 0.3) is 5.89 Å². The minimum Gasteiger partial charge on any atom is -0.444 e. The molecule has 0 bridgehead atoms. The van der Waals surface area contributed by atoms with E-state index in [-0.39, 0.29) is 30.2 Å². The van der Waals surface area contributed by atoms with Gasteiger partial charge in [0.2, 0.25) is 0 Å². The van der Waals surface area contributed by atoms with E-state index in [1.54, 1.807) is 4.90 Å². The van der Waals surface area contributed by atoms with Crippen LogP contribution < -0.4 is 5.73 Å². The number of likely N-dealkylation sites (tertiary alicyclic amines) is 1. The fourth-order valence-electron chi connectivity index (χ4n) is 3.10. The molecule has 0 aliphatic carbocycles. The smallest absolute Gasteiger partial charge is 0.410 e. The number of nitrogens with zero attached hydrogens (tertiary/aromatic N) is 3. The summed E-state index contributed by atoms with van der Waals surface area (Å²) in [6.45, 7) is 12.9. The van der Waals surface area contributed by atoms with Crippen LogP contribution in [0.1, 0.15) is 72.0 Å². The molecule has 1 aromatic rings. The van der Waals surface area contributed by atoms with Gasteiger partial charge in [-0.25, -0.2) is 4.79 Å². The normalized spacial score (nSPS) is 21.5. The number of rotatable bonds is 5. The highest BCUT2D eigenvalue weighted by Gasteiger charge is 2.41. The van der Waals surface area contributed by atoms with E-state index in [1.165, 1.54) is 0 Å². The Kier molecular flexibility index (Phi) is 6.29. The molecule has 8 heteroatoms. The van der Waals surface area contributed by atoms with Gasteiger partial charge in [0.05, 0.1) is 6.61 Å². The van der Waals surface area contributed by atoms with Crippen LogP contribution >= 0.6 is 0 Å². The average Bonchev–Trinajstić information content (AvgIpc) is 2.92. The van der Waals surface area contributed by atoms with Crippen molar-refractivity contribution in [1.82, 2.24) is 15.0 Å². The Balaban J connectivity index is 1.96. The van der Waals surface area contributed by atoms with Crippen molar-refractivity contribution in [2.45, 2.75) is 84.1 Å². The van der Waals surface area contributed by atoms with Crippen molar-refractivity contribution in [3.05, 3.63) is 11.7 Å². The highest BCUT2D eigenvalue weighted by Crippen LogP contribution is 2.37. The number of carbonyl (C=O) groups is 1. The molecule has 1 aromatic heterocycles. The Morgan fingerprint density at radius 3 is 2.73 bits per heavy atom. The molecule has 1 aliphatic heterocycles. The van der Waals surface area contributed by atoms with E-state index in [9.17, 15) is 4.79 Å². The summed E-state index contributed by atoms with van der Waals surface area (Å²) in [5, 5.41) is 4.10. The Bertz CT molecular complexity index is 607. The van der Waals surface area contributed by atoms with Crippen molar-refractivity contribution in [1.29, 1.82) is 0 Å². The number of hydrogen-bond acceptors (Lipinski definition) is 7. The van der Waals surface area contributed by atoms with Gasteiger partial charge in [0.15, 0.2) is 5.82 Å². The van der Waals surface area contributed by atoms with Gasteiger partial charge in [-0.05, 0) is 54.4 Å². The maximum Gasteiger partial charge on any atom is 0.410 e. The Hall–Kier alpha value is -1.67. The van der Waals surface area contributed by atoms with E-state index in [1.807, 2.05) is 41.5 Å². The zero-order chi connectivity index (χ0) is 19.5. The summed E-state index contributed by atoms with van der Waals surface area (Å²) in [6.07, 6.45) is 1.23. The second-order valence-corrected chi connectivity index (χ2v) is 8.67. The highest BCUT2D eigenvalue weighted by molar-refractivity contribution is 5.69. The van der Waals surface area contributed by atoms with E-state index in [4.69, 9.17) is 19.7 Å². The maximum absolute atomic E-state index is 12.5. The SMILES string of the molecule is CC(N)COCc1nc(C2CCN(C(=O)OC(C)(C)C)C(C)(C)C2)no1. The van der Waals surface area contributed by atoms with Crippen molar-refractivity contribution in [3.8, 4) is 0 Å². The number of ether oxygens (including phenoxy) is 2. The molecule has 1 aliphatic rings. The standard InChI is InChI=1S/C18H32N4O4/c1-12(19)10-24-11-14-20-15(21-26-14)13-7-8-22(18(5,6)9-13)16(23)25-17(2,3)4/h12-13H,7-11,19H2,1-6H3. The molecule has 0 saturated carbocycles. The van der Waals surface area contributed by atoms with E-state index in [0.717, 1.165) is 12.8 Å². The van der Waals surface area contributed by atoms with Crippen molar-refractivity contribution < 1.29 is 18.8 Å². The number of hydrogen-bond donors (Lipinski definition) is 1. The second-order valence-electron chi connectivity index (χ2n) is 8.67. The monoisotopic (exact) mass is 368 g/mol. The van der Waals surface area contributed by atoms with Crippen molar-refractivity contribution in [3.63, 3.8) is 0 Å². The van der Waals surface area contributed by atoms with Gasteiger partial charge in [0.1, 0.15) is 12.2 Å². The summed E-state index contributed by atoms with van der Waals surface area (Å²) in [4.78, 5) is 18.7. The Labute approximate surface area is 155 Å². The molecular weight excluding hydrogens is 336 g/mol. The molecule has 2 N–H and O–H groups in total. The molecule has 0 radical (unpaired) electrons. The third kappa shape index (κ3) is 5.67. The van der Waals surface area contributed by atoms with Crippen LogP contribution in [0.15, 0.2) is 4.52 Å². The lowest BCUT2D eigenvalue weighted by molar-refractivity contribution is -0.00982. The zero-order valence-electron chi connectivity index (χ0n) is 16.7. The number of piperidine rings is 1. The average molecular weight is 368 g/mol. The first-order chi connectivity index (χ1) is 12.0. The second kappa shape index (κ2) is 7.92. The minimum atomic E-state index is -0.506. The summed E-state index contributed by atoms with van der Waals surface area (Å²) in [7, 11) is 0. The molecule has 148 valence electrons. The van der Waals surface area contributed by atoms with Crippen molar-refractivity contribution in [2.24, 2.45) is 5.73 Å². The first-order valence-electron chi connectivity index (χ1n) is 9.14. The van der Waals surface area contributed by atoms with Crippen LogP contribution in [0.5, 0.6) is 0 Å². The van der Waals surface area contributed by atoms with Crippen molar-refractivity contribution >= 4 is 6.09 Å². The van der Waals surface area contributed by atoms with E-state index >= 15 is 0 Å². The van der Waals surface area contributed by atoms with Crippen LogP contribution in [0.3, 0.4) is 0 Å². The predicted octanol–water partition coefficient (Wildman–Crippen LogP) is 2.83. The molecule has 2 heterocycles. The van der Waals surface area contributed by atoms with Crippen LogP contribution in [0, 0.1) is 0 Å². The van der Waals surface area contributed by atoms with Gasteiger partial charge in [-0.3, -0.25) is 0 Å². The molecule has 2 unspecified atom stereocenters. The first kappa shape index (κ1) is 20.6. The molecule has 0 aromatic carbocycles. The number of aromatic nitrogens is 2. The van der Waals surface area contributed by atoms with Crippen LogP contribution in [0.4, 0.5) is 4.79 Å². The maximum atomic E-state index is 12.5. The Morgan fingerprint density at radius 2 is 2.15 bits per heavy atom. The number of amides is 1. The Morgan fingerprint density at radius 1 is 1.46 bits per heavy atom. The molecule has 1 saturated heterocycles. The van der Waals surface area contributed by atoms with Gasteiger partial charge in [-0.15, -0.1) is 0 Å². The lowest BCUT2D eigenvalue weighted by Crippen LogP contribution is -2.53. The summed E-state index contributed by atoms with van der Waals surface area (Å²) < 4.78 is 16.2. The van der Waals surface area contributed by atoms with E-state index in [0.29, 0.717) is 24.9 Å². The van der Waals surface area contributed by atoms with E-state index in [2.05, 4.69) is 10.1 Å². The van der Waals surface area contributed by atoms with Gasteiger partial charge in [-0.2, -0.15) is 4.98 Å². The van der Waals surface area contributed by atoms with Gasteiger partial charge < -0.3 is 24.6 Å². The molecule has 8 nitrogen and oxygen atoms in total. The van der Waals surface area contributed by atoms with E-state index < -0.39 is 5.60 Å². The van der Waals surface area contributed by atoms with Crippen LogP contribution in [0.25, 0.3) is 0 Å². The lowest BCUT2D eigenvalue weighted by atomic mass is 9.82. The molecular formula is C18H32N4O4. The number of nitrogens with two attached hydrogens (primary N) is 1. The molecule has 0 spiro atoms. The lowest BCUT2D eigenvalue weighted by Gasteiger charge is -2.44. The molecule has 2 rings (SSSR count). The van der Waals surface area contributed by atoms with Crippen LogP contribution in [0.2, 0.25) is 0 Å². The fraction of sp³-hybridized carbons (Fsp3) is 0.833. The van der Waals surface area contributed by atoms with Crippen LogP contribution in [-0.2, 0) is 16.1 Å². The quantitative estimate of drug-likeness (QED) is 0.852. The third-order valence-corrected chi connectivity index (χ3v) is 4.25. The molecule has 26 heavy (non-hydrogen) atoms. The van der Waals surface area contributed by atoms with Gasteiger partial charge in [0, 0.05) is 24.0 Å². The summed E-state index contributed by atoms with van der Waals surface area (Å²) >= 11 is 0. The fourth-order valence-corrected chi connectivity index (χ4v) is 3.10. The van der Waals surface area contributed by atoms with Crippen molar-refractivity contribution in [2.75, 3.05) is 13.2 Å². The molecule has 1 amide bonds. The first-order valence-corrected chi connectivity index (χ1v) is 9.14. The largest absolute Gasteiger partial charge is 0.444 e. The number of carbonyl (C=O) groups excluding carboxylic acids is 1. The highest BCUT2D eigenvalue weighted by atomic mass is 16.6. The van der Waals surface area contributed by atoms with Gasteiger partial charge in [-0.1, -0.05) is 5.16 Å². The van der Waals surface area contributed by atoms with Gasteiger partial charge >= 0.3 is 6.09 Å². The minimum absolute atomic E-state index is 0.0321. The summed E-state index contributed by atoms with van der Waals surface area (Å²) in [5.74, 6) is 1.25.